The number of phosphoric acid groups is 1. The smallest absolute Gasteiger partial charge is 0.790 e. The molecule has 11 heavy (non-hydrogen) atoms. The molecule has 8 heteroatoms. The minimum absolute atomic E-state index is 0. The van der Waals surface area contributed by atoms with E-state index in [0.29, 0.717) is 0 Å². The van der Waals surface area contributed by atoms with E-state index in [1.807, 2.05) is 0 Å². The van der Waals surface area contributed by atoms with Gasteiger partial charge in [0.05, 0.1) is 14.4 Å². The third kappa shape index (κ3) is 25.7. The molecule has 6 nitrogen and oxygen atoms in total. The first-order valence-electron chi connectivity index (χ1n) is 2.25. The molecule has 0 saturated carbocycles. The molecular formula is C3H5N2NiO4P. The van der Waals surface area contributed by atoms with E-state index in [9.17, 15) is 0 Å². The van der Waals surface area contributed by atoms with E-state index in [4.69, 9.17) is 19.2 Å². The minimum atomic E-state index is -5.14. The normalized spacial score (nSPS) is 13.4. The molecule has 0 atom stereocenters. The van der Waals surface area contributed by atoms with Gasteiger partial charge >= 0.3 is 16.5 Å². The second kappa shape index (κ2) is 6.64. The first kappa shape index (κ1) is 13.5. The summed E-state index contributed by atoms with van der Waals surface area (Å²) in [7, 11) is -5.14. The van der Waals surface area contributed by atoms with Gasteiger partial charge in [-0.15, -0.1) is 0 Å². The van der Waals surface area contributed by atoms with Crippen LogP contribution in [-0.4, -0.2) is 24.0 Å². The molecule has 0 fully saturated rings. The SMILES string of the molecule is C1=NC=NC1.O=P([O-])([O-])O.[Ni+2]. The summed E-state index contributed by atoms with van der Waals surface area (Å²) in [6.07, 6.45) is 3.32. The zero-order chi connectivity index (χ0) is 8.04. The Morgan fingerprint density at radius 3 is 2.09 bits per heavy atom. The van der Waals surface area contributed by atoms with Crippen molar-refractivity contribution in [3.63, 3.8) is 0 Å². The van der Waals surface area contributed by atoms with E-state index >= 15 is 0 Å². The molecule has 1 rings (SSSR count). The Morgan fingerprint density at radius 2 is 2.00 bits per heavy atom. The monoisotopic (exact) mass is 222 g/mol. The first-order chi connectivity index (χ1) is 4.50. The van der Waals surface area contributed by atoms with Crippen LogP contribution in [0.2, 0.25) is 0 Å². The number of aliphatic imine (C=N–C) groups is 2. The minimum Gasteiger partial charge on any atom is -0.790 e. The fourth-order valence-corrected chi connectivity index (χ4v) is 0.236. The van der Waals surface area contributed by atoms with E-state index in [2.05, 4.69) is 9.98 Å². The molecule has 0 radical (unpaired) electrons. The van der Waals surface area contributed by atoms with Gasteiger partial charge in [-0.1, -0.05) is 0 Å². The maximum absolute atomic E-state index is 8.66. The van der Waals surface area contributed by atoms with Gasteiger partial charge in [0.15, 0.2) is 0 Å². The Morgan fingerprint density at radius 1 is 1.55 bits per heavy atom. The van der Waals surface area contributed by atoms with Gasteiger partial charge in [0.25, 0.3) is 0 Å². The molecule has 0 aromatic heterocycles. The van der Waals surface area contributed by atoms with E-state index in [-0.39, 0.29) is 16.5 Å². The number of rotatable bonds is 0. The molecule has 0 aromatic rings. The predicted octanol–water partition coefficient (Wildman–Crippen LogP) is -2.10. The largest absolute Gasteiger partial charge is 2.00 e. The molecule has 1 heterocycles. The zero-order valence-corrected chi connectivity index (χ0v) is 7.07. The Kier molecular flexibility index (Phi) is 8.17. The van der Waals surface area contributed by atoms with Crippen molar-refractivity contribution in [2.24, 2.45) is 9.98 Å². The van der Waals surface area contributed by atoms with Gasteiger partial charge in [-0.2, -0.15) is 0 Å². The number of hydrogen-bond donors (Lipinski definition) is 1. The Hall–Kier alpha value is -0.0565. The molecule has 0 saturated heterocycles. The molecule has 1 aliphatic rings. The Bertz CT molecular complexity index is 170. The van der Waals surface area contributed by atoms with Crippen LogP contribution in [0.1, 0.15) is 0 Å². The summed E-state index contributed by atoms with van der Waals surface area (Å²) in [5.74, 6) is 0. The zero-order valence-electron chi connectivity index (χ0n) is 5.19. The van der Waals surface area contributed by atoms with Gasteiger partial charge in [-0.25, -0.2) is 4.99 Å². The van der Waals surface area contributed by atoms with Gasteiger partial charge in [-0.05, 0) is 0 Å². The van der Waals surface area contributed by atoms with Crippen molar-refractivity contribution in [2.75, 3.05) is 6.54 Å². The van der Waals surface area contributed by atoms with E-state index in [0.717, 1.165) is 6.54 Å². The summed E-state index contributed by atoms with van der Waals surface area (Å²) in [6, 6.07) is 0. The van der Waals surface area contributed by atoms with Crippen LogP contribution in [0.4, 0.5) is 0 Å². The van der Waals surface area contributed by atoms with Crippen LogP contribution < -0.4 is 9.79 Å². The summed E-state index contributed by atoms with van der Waals surface area (Å²) in [4.78, 5) is 31.7. The molecule has 1 aliphatic heterocycles. The topological polar surface area (TPSA) is 108 Å². The van der Waals surface area contributed by atoms with Crippen molar-refractivity contribution in [3.05, 3.63) is 0 Å². The second-order valence-corrected chi connectivity index (χ2v) is 2.22. The van der Waals surface area contributed by atoms with Crippen molar-refractivity contribution < 1.29 is 35.7 Å². The van der Waals surface area contributed by atoms with Gasteiger partial charge in [0, 0.05) is 6.21 Å². The van der Waals surface area contributed by atoms with Crippen LogP contribution in [0, 0.1) is 0 Å². The molecule has 0 bridgehead atoms. The maximum Gasteiger partial charge on any atom is 2.00 e. The molecule has 0 spiro atoms. The van der Waals surface area contributed by atoms with Crippen molar-refractivity contribution >= 4 is 20.4 Å². The van der Waals surface area contributed by atoms with Crippen LogP contribution in [0.5, 0.6) is 0 Å². The molecule has 0 unspecified atom stereocenters. The molecule has 66 valence electrons. The van der Waals surface area contributed by atoms with Crippen molar-refractivity contribution in [3.8, 4) is 0 Å². The van der Waals surface area contributed by atoms with Crippen molar-refractivity contribution in [1.82, 2.24) is 0 Å². The molecule has 0 aromatic carbocycles. The standard InChI is InChI=1S/C3H4N2.Ni.H3O4P/c1-2-5-3-4-1;;1-5(2,3)4/h1,3H,2H2;;(H3,1,2,3,4)/q;+2;/p-2. The summed E-state index contributed by atoms with van der Waals surface area (Å²) in [5.41, 5.74) is 0. The fraction of sp³-hybridized carbons (Fsp3) is 0.333. The van der Waals surface area contributed by atoms with Crippen molar-refractivity contribution in [2.45, 2.75) is 0 Å². The quantitative estimate of drug-likeness (QED) is 0.374. The third-order valence-electron chi connectivity index (χ3n) is 0.441. The van der Waals surface area contributed by atoms with Gasteiger partial charge < -0.3 is 19.2 Å². The summed E-state index contributed by atoms with van der Waals surface area (Å²) in [6.45, 7) is 0.778. The van der Waals surface area contributed by atoms with E-state index in [1.165, 1.54) is 0 Å². The molecule has 0 amide bonds. The average molecular weight is 223 g/mol. The fourth-order valence-electron chi connectivity index (χ4n) is 0.236. The number of hydrogen-bond acceptors (Lipinski definition) is 5. The molecule has 0 aliphatic carbocycles. The molecule has 1 N–H and O–H groups in total. The van der Waals surface area contributed by atoms with E-state index in [1.54, 1.807) is 12.6 Å². The van der Waals surface area contributed by atoms with E-state index < -0.39 is 7.82 Å². The Labute approximate surface area is 73.2 Å². The van der Waals surface area contributed by atoms with Crippen LogP contribution in [0.25, 0.3) is 0 Å². The summed E-state index contributed by atoms with van der Waals surface area (Å²) >= 11 is 0. The van der Waals surface area contributed by atoms with Crippen LogP contribution >= 0.6 is 7.82 Å². The van der Waals surface area contributed by atoms with Crippen LogP contribution in [0.15, 0.2) is 9.98 Å². The van der Waals surface area contributed by atoms with Crippen LogP contribution in [-0.2, 0) is 21.1 Å². The van der Waals surface area contributed by atoms with Gasteiger partial charge in [-0.3, -0.25) is 4.99 Å². The molecular weight excluding hydrogens is 218 g/mol. The summed E-state index contributed by atoms with van der Waals surface area (Å²) < 4.78 is 8.66. The summed E-state index contributed by atoms with van der Waals surface area (Å²) in [5, 5.41) is 0. The van der Waals surface area contributed by atoms with Crippen molar-refractivity contribution in [1.29, 1.82) is 0 Å². The van der Waals surface area contributed by atoms with Gasteiger partial charge in [0.2, 0.25) is 0 Å². The second-order valence-electron chi connectivity index (χ2n) is 1.28. The third-order valence-corrected chi connectivity index (χ3v) is 0.441. The van der Waals surface area contributed by atoms with Gasteiger partial charge in [0.1, 0.15) is 6.34 Å². The maximum atomic E-state index is 8.66. The number of nitrogens with zero attached hydrogens (tertiary/aromatic N) is 2. The Balaban J connectivity index is 0. The predicted molar refractivity (Wildman–Crippen MR) is 31.7 cm³/mol. The average Bonchev–Trinajstić information content (AvgIpc) is 2.07. The first-order valence-corrected chi connectivity index (χ1v) is 3.74. The van der Waals surface area contributed by atoms with Crippen LogP contribution in [0.3, 0.4) is 0 Å².